The van der Waals surface area contributed by atoms with Crippen molar-refractivity contribution in [1.82, 2.24) is 25.2 Å². The fourth-order valence-corrected chi connectivity index (χ4v) is 3.67. The van der Waals surface area contributed by atoms with E-state index >= 15 is 0 Å². The van der Waals surface area contributed by atoms with Crippen LogP contribution in [-0.2, 0) is 0 Å². The Morgan fingerprint density at radius 3 is 2.43 bits per heavy atom. The average molecular weight is 400 g/mol. The van der Waals surface area contributed by atoms with Crippen LogP contribution in [0, 0.1) is 0 Å². The minimum atomic E-state index is -0.0115. The molecule has 0 saturated carbocycles. The van der Waals surface area contributed by atoms with Crippen LogP contribution in [-0.4, -0.2) is 52.1 Å². The van der Waals surface area contributed by atoms with Gasteiger partial charge in [-0.15, -0.1) is 0 Å². The Labute approximate surface area is 175 Å². The van der Waals surface area contributed by atoms with Gasteiger partial charge in [-0.2, -0.15) is 0 Å². The van der Waals surface area contributed by atoms with E-state index < -0.39 is 0 Å². The molecule has 5 rings (SSSR count). The maximum absolute atomic E-state index is 11.8. The highest BCUT2D eigenvalue weighted by molar-refractivity contribution is 5.93. The molecule has 2 amide bonds. The molecule has 0 bridgehead atoms. The molecule has 0 atom stereocenters. The van der Waals surface area contributed by atoms with Gasteiger partial charge in [0, 0.05) is 38.9 Å². The number of anilines is 1. The smallest absolute Gasteiger partial charge is 0.317 e. The van der Waals surface area contributed by atoms with Gasteiger partial charge in [-0.05, 0) is 11.6 Å². The molecule has 3 N–H and O–H groups in total. The summed E-state index contributed by atoms with van der Waals surface area (Å²) in [6.45, 7) is 2.66. The van der Waals surface area contributed by atoms with Gasteiger partial charge in [-0.25, -0.2) is 14.8 Å². The Balaban J connectivity index is 0.00000231. The molecule has 0 spiro atoms. The number of carbonyl (C=O) groups excluding carboxylic acids is 1. The molecule has 1 saturated heterocycles. The van der Waals surface area contributed by atoms with Crippen molar-refractivity contribution in [2.24, 2.45) is 0 Å². The van der Waals surface area contributed by atoms with Crippen LogP contribution in [0.15, 0.2) is 66.7 Å². The molecule has 152 valence electrons. The Morgan fingerprint density at radius 1 is 1.00 bits per heavy atom. The first-order valence-corrected chi connectivity index (χ1v) is 10.1. The highest BCUT2D eigenvalue weighted by Crippen LogP contribution is 2.29. The van der Waals surface area contributed by atoms with Gasteiger partial charge in [0.15, 0.2) is 5.82 Å². The fraction of sp³-hybridized carbons (Fsp3) is 0.174. The van der Waals surface area contributed by atoms with Crippen LogP contribution in [0.3, 0.4) is 0 Å². The minimum Gasteiger partial charge on any atom is -0.368 e. The van der Waals surface area contributed by atoms with Crippen molar-refractivity contribution in [2.75, 3.05) is 31.5 Å². The maximum atomic E-state index is 11.8. The first-order chi connectivity index (χ1) is 14.8. The zero-order valence-corrected chi connectivity index (χ0v) is 16.4. The third-order valence-electron chi connectivity index (χ3n) is 5.22. The summed E-state index contributed by atoms with van der Waals surface area (Å²) in [5.74, 6) is 1.42. The van der Waals surface area contributed by atoms with E-state index in [1.807, 2.05) is 48.5 Å². The van der Waals surface area contributed by atoms with Gasteiger partial charge in [-0.1, -0.05) is 60.7 Å². The normalized spacial score (nSPS) is 13.6. The summed E-state index contributed by atoms with van der Waals surface area (Å²) >= 11 is 0. The molecule has 1 aliphatic rings. The van der Waals surface area contributed by atoms with E-state index in [4.69, 9.17) is 9.97 Å². The van der Waals surface area contributed by atoms with Crippen LogP contribution in [0.1, 0.15) is 1.43 Å². The molecule has 30 heavy (non-hydrogen) atoms. The number of aromatic amines is 1. The Kier molecular flexibility index (Phi) is 4.77. The highest BCUT2D eigenvalue weighted by Gasteiger charge is 2.19. The first kappa shape index (κ1) is 18.2. The van der Waals surface area contributed by atoms with E-state index in [2.05, 4.69) is 33.8 Å². The number of nitrogens with zero attached hydrogens (tertiary/aromatic N) is 3. The largest absolute Gasteiger partial charge is 0.368 e. The Hall–Kier alpha value is -3.87. The summed E-state index contributed by atoms with van der Waals surface area (Å²) in [7, 11) is 0. The molecule has 7 nitrogen and oxygen atoms in total. The van der Waals surface area contributed by atoms with Gasteiger partial charge in [0.05, 0.1) is 5.39 Å². The average Bonchev–Trinajstić information content (AvgIpc) is 3.41. The number of hydrogen-bond donors (Lipinski definition) is 3. The summed E-state index contributed by atoms with van der Waals surface area (Å²) in [5, 5.41) is 7.18. The molecule has 7 heteroatoms. The van der Waals surface area contributed by atoms with Crippen molar-refractivity contribution in [3.05, 3.63) is 66.7 Å². The standard InChI is InChI=1S/C23H22N6O.H2/c30-23-25-12-14-29(23)13-11-24-21-18-15-19(16-7-3-1-4-8-16)26-22(18)28-20(27-21)17-9-5-2-6-10-17;/h1-10,15H,11-14H2,(H,25,30)(H2,24,26,27,28);1H. The lowest BCUT2D eigenvalue weighted by atomic mass is 10.1. The number of fused-ring (bicyclic) bond motifs is 1. The summed E-state index contributed by atoms with van der Waals surface area (Å²) in [6.07, 6.45) is 0. The van der Waals surface area contributed by atoms with Crippen LogP contribution in [0.25, 0.3) is 33.7 Å². The number of amides is 2. The molecule has 3 heterocycles. The lowest BCUT2D eigenvalue weighted by molar-refractivity contribution is 0.219. The van der Waals surface area contributed by atoms with Gasteiger partial charge < -0.3 is 20.5 Å². The monoisotopic (exact) mass is 400 g/mol. The molecule has 1 fully saturated rings. The number of nitrogens with one attached hydrogen (secondary N) is 3. The van der Waals surface area contributed by atoms with Gasteiger partial charge >= 0.3 is 6.03 Å². The van der Waals surface area contributed by atoms with Crippen molar-refractivity contribution in [3.63, 3.8) is 0 Å². The highest BCUT2D eigenvalue weighted by atomic mass is 16.2. The second-order valence-electron chi connectivity index (χ2n) is 7.22. The summed E-state index contributed by atoms with van der Waals surface area (Å²) in [5.41, 5.74) is 3.82. The lowest BCUT2D eigenvalue weighted by Crippen LogP contribution is -2.32. The van der Waals surface area contributed by atoms with Crippen molar-refractivity contribution in [2.45, 2.75) is 0 Å². The third-order valence-corrected chi connectivity index (χ3v) is 5.22. The van der Waals surface area contributed by atoms with E-state index in [9.17, 15) is 4.79 Å². The van der Waals surface area contributed by atoms with E-state index in [1.165, 1.54) is 0 Å². The number of H-pyrrole nitrogens is 1. The van der Waals surface area contributed by atoms with E-state index in [-0.39, 0.29) is 7.46 Å². The summed E-state index contributed by atoms with van der Waals surface area (Å²) in [6, 6.07) is 22.2. The van der Waals surface area contributed by atoms with Crippen LogP contribution in [0.4, 0.5) is 10.6 Å². The summed E-state index contributed by atoms with van der Waals surface area (Å²) < 4.78 is 0. The number of urea groups is 1. The molecule has 0 unspecified atom stereocenters. The molecular weight excluding hydrogens is 376 g/mol. The lowest BCUT2D eigenvalue weighted by Gasteiger charge is -2.15. The van der Waals surface area contributed by atoms with Gasteiger partial charge in [0.25, 0.3) is 0 Å². The molecule has 1 aliphatic heterocycles. The van der Waals surface area contributed by atoms with Crippen molar-refractivity contribution < 1.29 is 6.22 Å². The zero-order chi connectivity index (χ0) is 20.3. The second-order valence-corrected chi connectivity index (χ2v) is 7.22. The minimum absolute atomic E-state index is 0. The van der Waals surface area contributed by atoms with Gasteiger partial charge in [-0.3, -0.25) is 0 Å². The Bertz CT molecular complexity index is 1180. The molecule has 2 aromatic carbocycles. The molecule has 0 aliphatic carbocycles. The van der Waals surface area contributed by atoms with E-state index in [0.29, 0.717) is 25.5 Å². The molecule has 0 radical (unpaired) electrons. The second kappa shape index (κ2) is 7.87. The fourth-order valence-electron chi connectivity index (χ4n) is 3.67. The van der Waals surface area contributed by atoms with Crippen molar-refractivity contribution in [1.29, 1.82) is 0 Å². The number of aromatic nitrogens is 3. The predicted octanol–water partition coefficient (Wildman–Crippen LogP) is 3.98. The predicted molar refractivity (Wildman–Crippen MR) is 120 cm³/mol. The summed E-state index contributed by atoms with van der Waals surface area (Å²) in [4.78, 5) is 26.6. The zero-order valence-electron chi connectivity index (χ0n) is 16.4. The first-order valence-electron chi connectivity index (χ1n) is 10.1. The third kappa shape index (κ3) is 3.57. The Morgan fingerprint density at radius 2 is 1.73 bits per heavy atom. The molecule has 4 aromatic rings. The number of benzene rings is 2. The quantitative estimate of drug-likeness (QED) is 0.457. The topological polar surface area (TPSA) is 85.9 Å². The van der Waals surface area contributed by atoms with Crippen LogP contribution >= 0.6 is 0 Å². The van der Waals surface area contributed by atoms with Crippen LogP contribution in [0.5, 0.6) is 0 Å². The van der Waals surface area contributed by atoms with Gasteiger partial charge in [0.1, 0.15) is 11.5 Å². The SMILES string of the molecule is O=C1NCCN1CCNc1nc(-c2ccccc2)nc2[nH]c(-c3ccccc3)cc12.[HH]. The van der Waals surface area contributed by atoms with E-state index in [1.54, 1.807) is 4.90 Å². The van der Waals surface area contributed by atoms with Crippen molar-refractivity contribution >= 4 is 22.9 Å². The molecular formula is C23H24N6O. The van der Waals surface area contributed by atoms with Crippen LogP contribution < -0.4 is 10.6 Å². The van der Waals surface area contributed by atoms with Gasteiger partial charge in [0.2, 0.25) is 0 Å². The number of hydrogen-bond acceptors (Lipinski definition) is 4. The van der Waals surface area contributed by atoms with Crippen LogP contribution in [0.2, 0.25) is 0 Å². The van der Waals surface area contributed by atoms with Crippen molar-refractivity contribution in [3.8, 4) is 22.6 Å². The maximum Gasteiger partial charge on any atom is 0.317 e. The number of rotatable bonds is 6. The van der Waals surface area contributed by atoms with E-state index in [0.717, 1.165) is 40.2 Å². The molecule has 2 aromatic heterocycles. The number of carbonyl (C=O) groups is 1.